The Morgan fingerprint density at radius 1 is 1.54 bits per heavy atom. The Kier molecular flexibility index (Phi) is 3.63. The fourth-order valence-corrected chi connectivity index (χ4v) is 1.37. The van der Waals surface area contributed by atoms with E-state index in [4.69, 9.17) is 0 Å². The molecule has 13 heavy (non-hydrogen) atoms. The molecule has 0 saturated carbocycles. The lowest BCUT2D eigenvalue weighted by Crippen LogP contribution is -2.12. The number of carbonyl (C=O) groups is 1. The second-order valence-electron chi connectivity index (χ2n) is 2.20. The molecule has 1 amide bonds. The van der Waals surface area contributed by atoms with E-state index in [1.807, 2.05) is 6.92 Å². The average molecular weight is 201 g/mol. The highest BCUT2D eigenvalue weighted by Crippen LogP contribution is 2.15. The summed E-state index contributed by atoms with van der Waals surface area (Å²) in [5.41, 5.74) is 0. The quantitative estimate of drug-likeness (QED) is 0.807. The van der Waals surface area contributed by atoms with Gasteiger partial charge in [0.2, 0.25) is 5.13 Å². The summed E-state index contributed by atoms with van der Waals surface area (Å²) in [5.74, 6) is 0. The third-order valence-corrected chi connectivity index (χ3v) is 2.24. The first-order valence-electron chi connectivity index (χ1n) is 4.02. The van der Waals surface area contributed by atoms with Crippen molar-refractivity contribution in [1.29, 1.82) is 0 Å². The number of anilines is 1. The van der Waals surface area contributed by atoms with E-state index in [1.165, 1.54) is 11.3 Å². The Hall–Kier alpha value is -1.17. The van der Waals surface area contributed by atoms with Gasteiger partial charge in [-0.15, -0.1) is 10.2 Å². The fourth-order valence-electron chi connectivity index (χ4n) is 0.701. The van der Waals surface area contributed by atoms with Gasteiger partial charge < -0.3 is 4.74 Å². The van der Waals surface area contributed by atoms with Gasteiger partial charge in [0, 0.05) is 0 Å². The van der Waals surface area contributed by atoms with Crippen molar-refractivity contribution in [2.75, 3.05) is 11.9 Å². The molecular weight excluding hydrogens is 190 g/mol. The van der Waals surface area contributed by atoms with Gasteiger partial charge in [-0.2, -0.15) is 0 Å². The lowest BCUT2D eigenvalue weighted by molar-refractivity contribution is 0.168. The number of nitrogens with zero attached hydrogens (tertiary/aromatic N) is 2. The number of nitrogens with one attached hydrogen (secondary N) is 1. The smallest absolute Gasteiger partial charge is 0.413 e. The van der Waals surface area contributed by atoms with Crippen LogP contribution in [0.1, 0.15) is 18.9 Å². The molecule has 1 rings (SSSR count). The minimum Gasteiger partial charge on any atom is -0.450 e. The lowest BCUT2D eigenvalue weighted by atomic mass is 10.5. The fraction of sp³-hybridized carbons (Fsp3) is 0.571. The maximum Gasteiger partial charge on any atom is 0.413 e. The summed E-state index contributed by atoms with van der Waals surface area (Å²) in [6.07, 6.45) is 0.337. The molecule has 1 heterocycles. The molecule has 1 N–H and O–H groups in total. The first-order chi connectivity index (χ1) is 6.26. The zero-order valence-corrected chi connectivity index (χ0v) is 8.35. The number of hydrogen-bond donors (Lipinski definition) is 1. The summed E-state index contributed by atoms with van der Waals surface area (Å²) in [6, 6.07) is 0. The van der Waals surface area contributed by atoms with Gasteiger partial charge in [0.25, 0.3) is 0 Å². The Labute approximate surface area is 80.1 Å². The van der Waals surface area contributed by atoms with Crippen LogP contribution in [0, 0.1) is 0 Å². The predicted molar refractivity (Wildman–Crippen MR) is 49.9 cm³/mol. The van der Waals surface area contributed by atoms with Gasteiger partial charge in [0.05, 0.1) is 6.61 Å². The standard InChI is InChI=1S/C7H11N3O2S/c1-3-5-9-10-6(13-5)8-7(11)12-4-2/h3-4H2,1-2H3,(H,8,10,11). The van der Waals surface area contributed by atoms with Crippen LogP contribution >= 0.6 is 11.3 Å². The molecule has 72 valence electrons. The molecule has 1 aromatic rings. The average Bonchev–Trinajstić information content (AvgIpc) is 2.52. The molecule has 0 aliphatic rings. The summed E-state index contributed by atoms with van der Waals surface area (Å²) in [5, 5.41) is 11.5. The van der Waals surface area contributed by atoms with Gasteiger partial charge in [-0.1, -0.05) is 18.3 Å². The number of aryl methyl sites for hydroxylation is 1. The molecule has 1 aromatic heterocycles. The summed E-state index contributed by atoms with van der Waals surface area (Å²) in [7, 11) is 0. The minimum absolute atomic E-state index is 0.352. The van der Waals surface area contributed by atoms with Crippen LogP contribution in [0.5, 0.6) is 0 Å². The van der Waals surface area contributed by atoms with Crippen LogP contribution < -0.4 is 5.32 Å². The van der Waals surface area contributed by atoms with Gasteiger partial charge >= 0.3 is 6.09 Å². The molecule has 0 saturated heterocycles. The van der Waals surface area contributed by atoms with E-state index in [0.717, 1.165) is 11.4 Å². The van der Waals surface area contributed by atoms with E-state index in [2.05, 4.69) is 20.3 Å². The van der Waals surface area contributed by atoms with Crippen molar-refractivity contribution in [3.05, 3.63) is 5.01 Å². The Bertz CT molecular complexity index is 287. The van der Waals surface area contributed by atoms with Crippen molar-refractivity contribution in [3.63, 3.8) is 0 Å². The van der Waals surface area contributed by atoms with Crippen LogP contribution in [0.15, 0.2) is 0 Å². The zero-order valence-electron chi connectivity index (χ0n) is 7.53. The number of rotatable bonds is 3. The molecule has 0 radical (unpaired) electrons. The zero-order chi connectivity index (χ0) is 9.68. The van der Waals surface area contributed by atoms with Crippen molar-refractivity contribution < 1.29 is 9.53 Å². The first kappa shape index (κ1) is 9.91. The van der Waals surface area contributed by atoms with E-state index in [9.17, 15) is 4.79 Å². The van der Waals surface area contributed by atoms with Crippen molar-refractivity contribution >= 4 is 22.6 Å². The number of aromatic nitrogens is 2. The summed E-state index contributed by atoms with van der Waals surface area (Å²) in [4.78, 5) is 10.9. The van der Waals surface area contributed by atoms with Crippen LogP contribution in [0.4, 0.5) is 9.93 Å². The Balaban J connectivity index is 2.49. The molecule has 0 unspecified atom stereocenters. The largest absolute Gasteiger partial charge is 0.450 e. The van der Waals surface area contributed by atoms with E-state index < -0.39 is 6.09 Å². The molecule has 0 aliphatic carbocycles. The number of amides is 1. The summed E-state index contributed by atoms with van der Waals surface area (Å²) >= 11 is 1.35. The molecule has 0 spiro atoms. The van der Waals surface area contributed by atoms with Crippen LogP contribution in [0.25, 0.3) is 0 Å². The second kappa shape index (κ2) is 4.76. The second-order valence-corrected chi connectivity index (χ2v) is 3.26. The van der Waals surface area contributed by atoms with E-state index >= 15 is 0 Å². The van der Waals surface area contributed by atoms with Crippen molar-refractivity contribution in [2.24, 2.45) is 0 Å². The number of hydrogen-bond acceptors (Lipinski definition) is 5. The molecule has 5 nitrogen and oxygen atoms in total. The van der Waals surface area contributed by atoms with E-state index in [0.29, 0.717) is 11.7 Å². The molecule has 6 heteroatoms. The summed E-state index contributed by atoms with van der Waals surface area (Å²) < 4.78 is 4.68. The first-order valence-corrected chi connectivity index (χ1v) is 4.84. The molecule has 0 aromatic carbocycles. The Morgan fingerprint density at radius 2 is 2.31 bits per heavy atom. The van der Waals surface area contributed by atoms with Gasteiger partial charge in [0.1, 0.15) is 5.01 Å². The van der Waals surface area contributed by atoms with Gasteiger partial charge in [-0.3, -0.25) is 5.32 Å². The van der Waals surface area contributed by atoms with E-state index in [-0.39, 0.29) is 0 Å². The normalized spacial score (nSPS) is 9.69. The molecular formula is C7H11N3O2S. The van der Waals surface area contributed by atoms with Crippen LogP contribution in [0.3, 0.4) is 0 Å². The third-order valence-electron chi connectivity index (χ3n) is 1.25. The highest BCUT2D eigenvalue weighted by Gasteiger charge is 2.06. The SMILES string of the molecule is CCOC(=O)Nc1nnc(CC)s1. The topological polar surface area (TPSA) is 64.1 Å². The molecule has 0 fully saturated rings. The lowest BCUT2D eigenvalue weighted by Gasteiger charge is -1.99. The number of ether oxygens (including phenoxy) is 1. The van der Waals surface area contributed by atoms with E-state index in [1.54, 1.807) is 6.92 Å². The van der Waals surface area contributed by atoms with Crippen LogP contribution in [-0.4, -0.2) is 22.9 Å². The highest BCUT2D eigenvalue weighted by molar-refractivity contribution is 7.15. The molecule has 0 aliphatic heterocycles. The predicted octanol–water partition coefficient (Wildman–Crippen LogP) is 1.67. The summed E-state index contributed by atoms with van der Waals surface area (Å²) in [6.45, 7) is 4.08. The molecule has 0 bridgehead atoms. The van der Waals surface area contributed by atoms with Gasteiger partial charge in [-0.05, 0) is 13.3 Å². The highest BCUT2D eigenvalue weighted by atomic mass is 32.1. The Morgan fingerprint density at radius 3 is 2.85 bits per heavy atom. The van der Waals surface area contributed by atoms with Gasteiger partial charge in [0.15, 0.2) is 0 Å². The monoisotopic (exact) mass is 201 g/mol. The number of carbonyl (C=O) groups excluding carboxylic acids is 1. The maximum atomic E-state index is 10.9. The van der Waals surface area contributed by atoms with Crippen molar-refractivity contribution in [2.45, 2.75) is 20.3 Å². The molecule has 0 atom stereocenters. The minimum atomic E-state index is -0.485. The van der Waals surface area contributed by atoms with Gasteiger partial charge in [-0.25, -0.2) is 4.79 Å². The third kappa shape index (κ3) is 2.98. The van der Waals surface area contributed by atoms with Crippen molar-refractivity contribution in [3.8, 4) is 0 Å². The van der Waals surface area contributed by atoms with Crippen molar-refractivity contribution in [1.82, 2.24) is 10.2 Å². The maximum absolute atomic E-state index is 10.9. The van der Waals surface area contributed by atoms with Crippen LogP contribution in [0.2, 0.25) is 0 Å². The van der Waals surface area contributed by atoms with Crippen LogP contribution in [-0.2, 0) is 11.2 Å².